The van der Waals surface area contributed by atoms with Gasteiger partial charge in [0.05, 0.1) is 11.8 Å². The zero-order valence-electron chi connectivity index (χ0n) is 10.2. The molecule has 100 valence electrons. The van der Waals surface area contributed by atoms with E-state index in [4.69, 9.17) is 15.4 Å². The van der Waals surface area contributed by atoms with Crippen molar-refractivity contribution in [2.24, 2.45) is 5.92 Å². The van der Waals surface area contributed by atoms with E-state index in [1.54, 1.807) is 20.8 Å². The lowest BCUT2D eigenvalue weighted by molar-refractivity contribution is 0.0504. The van der Waals surface area contributed by atoms with Crippen molar-refractivity contribution in [3.63, 3.8) is 0 Å². The van der Waals surface area contributed by atoms with Crippen LogP contribution in [0.2, 0.25) is 0 Å². The fourth-order valence-electron chi connectivity index (χ4n) is 1.47. The zero-order chi connectivity index (χ0) is 13.3. The molecule has 7 heteroatoms. The van der Waals surface area contributed by atoms with E-state index in [1.165, 1.54) is 0 Å². The molecular formula is C10H18ClNO4S. The van der Waals surface area contributed by atoms with E-state index < -0.39 is 26.8 Å². The molecule has 0 aromatic rings. The molecule has 1 aliphatic carbocycles. The summed E-state index contributed by atoms with van der Waals surface area (Å²) in [6, 6.07) is -0.452. The van der Waals surface area contributed by atoms with Gasteiger partial charge in [-0.15, -0.1) is 0 Å². The first-order valence-corrected chi connectivity index (χ1v) is 7.96. The Morgan fingerprint density at radius 1 is 1.47 bits per heavy atom. The molecule has 1 fully saturated rings. The van der Waals surface area contributed by atoms with Gasteiger partial charge in [0.2, 0.25) is 9.05 Å². The second-order valence-corrected chi connectivity index (χ2v) is 8.12. The minimum atomic E-state index is -3.62. The number of carbonyl (C=O) groups excluding carboxylic acids is 1. The van der Waals surface area contributed by atoms with Crippen molar-refractivity contribution in [1.29, 1.82) is 0 Å². The number of rotatable bonds is 4. The first-order valence-electron chi connectivity index (χ1n) is 5.49. The van der Waals surface area contributed by atoms with Crippen LogP contribution >= 0.6 is 10.7 Å². The Hall–Kier alpha value is -0.490. The van der Waals surface area contributed by atoms with Crippen LogP contribution in [0, 0.1) is 5.92 Å². The second kappa shape index (κ2) is 5.02. The van der Waals surface area contributed by atoms with Gasteiger partial charge < -0.3 is 10.1 Å². The van der Waals surface area contributed by atoms with Crippen LogP contribution in [0.3, 0.4) is 0 Å². The van der Waals surface area contributed by atoms with E-state index in [-0.39, 0.29) is 11.7 Å². The summed E-state index contributed by atoms with van der Waals surface area (Å²) >= 11 is 0. The third-order valence-corrected chi connectivity index (χ3v) is 3.41. The van der Waals surface area contributed by atoms with Crippen molar-refractivity contribution in [3.05, 3.63) is 0 Å². The smallest absolute Gasteiger partial charge is 0.407 e. The summed E-state index contributed by atoms with van der Waals surface area (Å²) in [5.74, 6) is -0.0607. The molecular weight excluding hydrogens is 266 g/mol. The van der Waals surface area contributed by atoms with Gasteiger partial charge in [0.15, 0.2) is 0 Å². The molecule has 0 saturated heterocycles. The van der Waals surface area contributed by atoms with Gasteiger partial charge in [0, 0.05) is 10.7 Å². The van der Waals surface area contributed by atoms with Gasteiger partial charge >= 0.3 is 6.09 Å². The van der Waals surface area contributed by atoms with Crippen molar-refractivity contribution >= 4 is 25.8 Å². The van der Waals surface area contributed by atoms with Crippen LogP contribution in [0.1, 0.15) is 33.6 Å². The largest absolute Gasteiger partial charge is 0.444 e. The molecule has 0 radical (unpaired) electrons. The highest BCUT2D eigenvalue weighted by Gasteiger charge is 2.35. The molecule has 1 saturated carbocycles. The fraction of sp³-hybridized carbons (Fsp3) is 0.900. The Labute approximate surface area is 106 Å². The third-order valence-electron chi connectivity index (χ3n) is 2.27. The van der Waals surface area contributed by atoms with Crippen molar-refractivity contribution in [2.75, 3.05) is 5.75 Å². The molecule has 0 aliphatic heterocycles. The average Bonchev–Trinajstić information content (AvgIpc) is 2.76. The normalized spacial score (nSPS) is 18.6. The number of ether oxygens (including phenoxy) is 1. The van der Waals surface area contributed by atoms with Crippen LogP contribution in [0.25, 0.3) is 0 Å². The van der Waals surface area contributed by atoms with E-state index in [0.29, 0.717) is 0 Å². The topological polar surface area (TPSA) is 72.5 Å². The summed E-state index contributed by atoms with van der Waals surface area (Å²) in [6.07, 6.45) is 1.22. The minimum Gasteiger partial charge on any atom is -0.444 e. The monoisotopic (exact) mass is 283 g/mol. The van der Waals surface area contributed by atoms with Crippen molar-refractivity contribution in [2.45, 2.75) is 45.3 Å². The molecule has 0 aromatic heterocycles. The molecule has 1 rings (SSSR count). The molecule has 0 heterocycles. The van der Waals surface area contributed by atoms with E-state index in [0.717, 1.165) is 12.8 Å². The summed E-state index contributed by atoms with van der Waals surface area (Å²) in [5, 5.41) is 2.57. The van der Waals surface area contributed by atoms with Crippen LogP contribution < -0.4 is 5.32 Å². The zero-order valence-corrected chi connectivity index (χ0v) is 11.8. The molecule has 0 aromatic carbocycles. The van der Waals surface area contributed by atoms with E-state index in [2.05, 4.69) is 5.32 Å². The first-order chi connectivity index (χ1) is 7.57. The molecule has 5 nitrogen and oxygen atoms in total. The lowest BCUT2D eigenvalue weighted by Crippen LogP contribution is -2.43. The van der Waals surface area contributed by atoms with Crippen molar-refractivity contribution < 1.29 is 17.9 Å². The SMILES string of the molecule is CC(C)(C)OC(=O)NC(CS(=O)(=O)Cl)C1CC1. The minimum absolute atomic E-state index is 0.191. The second-order valence-electron chi connectivity index (χ2n) is 5.30. The van der Waals surface area contributed by atoms with Crippen LogP contribution in [0.5, 0.6) is 0 Å². The first kappa shape index (κ1) is 14.6. The highest BCUT2D eigenvalue weighted by Crippen LogP contribution is 2.33. The van der Waals surface area contributed by atoms with Gasteiger partial charge in [0.25, 0.3) is 0 Å². The van der Waals surface area contributed by atoms with E-state index >= 15 is 0 Å². The Morgan fingerprint density at radius 3 is 2.35 bits per heavy atom. The summed E-state index contributed by atoms with van der Waals surface area (Å²) in [6.45, 7) is 5.24. The number of halogens is 1. The Balaban J connectivity index is 2.53. The van der Waals surface area contributed by atoms with Crippen LogP contribution in [-0.4, -0.2) is 31.9 Å². The maximum Gasteiger partial charge on any atom is 0.407 e. The van der Waals surface area contributed by atoms with Gasteiger partial charge in [-0.2, -0.15) is 0 Å². The molecule has 1 amide bonds. The number of hydrogen-bond donors (Lipinski definition) is 1. The Morgan fingerprint density at radius 2 is 2.00 bits per heavy atom. The Bertz CT molecular complexity index is 384. The summed E-state index contributed by atoms with van der Waals surface area (Å²) in [4.78, 5) is 11.5. The van der Waals surface area contributed by atoms with Crippen LogP contribution in [-0.2, 0) is 13.8 Å². The number of amides is 1. The summed E-state index contributed by atoms with van der Waals surface area (Å²) in [5.41, 5.74) is -0.599. The van der Waals surface area contributed by atoms with Gasteiger partial charge in [-0.25, -0.2) is 13.2 Å². The lowest BCUT2D eigenvalue weighted by atomic mass is 10.2. The predicted molar refractivity (Wildman–Crippen MR) is 65.5 cm³/mol. The molecule has 0 bridgehead atoms. The van der Waals surface area contributed by atoms with Crippen LogP contribution in [0.15, 0.2) is 0 Å². The summed E-state index contributed by atoms with van der Waals surface area (Å²) < 4.78 is 27.1. The van der Waals surface area contributed by atoms with Crippen LogP contribution in [0.4, 0.5) is 4.79 Å². The van der Waals surface area contributed by atoms with Gasteiger partial charge in [-0.05, 0) is 39.5 Å². The Kier molecular flexibility index (Phi) is 4.30. The lowest BCUT2D eigenvalue weighted by Gasteiger charge is -2.23. The van der Waals surface area contributed by atoms with E-state index in [9.17, 15) is 13.2 Å². The number of hydrogen-bond acceptors (Lipinski definition) is 4. The maximum absolute atomic E-state index is 11.5. The third kappa shape index (κ3) is 6.73. The highest BCUT2D eigenvalue weighted by atomic mass is 35.7. The quantitative estimate of drug-likeness (QED) is 0.799. The van der Waals surface area contributed by atoms with Gasteiger partial charge in [-0.1, -0.05) is 0 Å². The number of nitrogens with one attached hydrogen (secondary N) is 1. The molecule has 0 spiro atoms. The average molecular weight is 284 g/mol. The highest BCUT2D eigenvalue weighted by molar-refractivity contribution is 8.13. The molecule has 1 atom stereocenters. The van der Waals surface area contributed by atoms with Gasteiger partial charge in [-0.3, -0.25) is 0 Å². The van der Waals surface area contributed by atoms with Gasteiger partial charge in [0.1, 0.15) is 5.60 Å². The molecule has 1 unspecified atom stereocenters. The maximum atomic E-state index is 11.5. The van der Waals surface area contributed by atoms with E-state index in [1.807, 2.05) is 0 Å². The molecule has 1 N–H and O–H groups in total. The van der Waals surface area contributed by atoms with Crippen molar-refractivity contribution in [3.8, 4) is 0 Å². The number of alkyl carbamates (subject to hydrolysis) is 1. The predicted octanol–water partition coefficient (Wildman–Crippen LogP) is 1.86. The summed E-state index contributed by atoms with van der Waals surface area (Å²) in [7, 11) is 1.58. The number of carbonyl (C=O) groups is 1. The standard InChI is InChI=1S/C10H18ClNO4S/c1-10(2,3)16-9(13)12-8(7-4-5-7)6-17(11,14)15/h7-8H,4-6H2,1-3H3,(H,12,13). The fourth-order valence-corrected chi connectivity index (χ4v) is 2.66. The van der Waals surface area contributed by atoms with Crippen molar-refractivity contribution in [1.82, 2.24) is 5.32 Å². The molecule has 1 aliphatic rings. The molecule has 17 heavy (non-hydrogen) atoms.